The van der Waals surface area contributed by atoms with Crippen LogP contribution >= 0.6 is 0 Å². The number of aromatic nitrogens is 1. The summed E-state index contributed by atoms with van der Waals surface area (Å²) in [5.41, 5.74) is 3.20. The van der Waals surface area contributed by atoms with Crippen LogP contribution < -0.4 is 10.1 Å². The number of para-hydroxylation sites is 1. The first-order valence-corrected chi connectivity index (χ1v) is 10.2. The average Bonchev–Trinajstić information content (AvgIpc) is 3.19. The molecule has 1 aromatic heterocycles. The standard InChI is InChI=1S/C26H24N2O3/c1-18(20-9-5-3-6-10-20)27-25(29)21-13-15-22(16-14-21)26-28-24(19(2)31-26)17-30-23-11-7-4-8-12-23/h3-16,18H,17H2,1-2H3,(H,27,29)/t18-/m1/s1. The number of carbonyl (C=O) groups excluding carboxylic acids is 1. The Hall–Kier alpha value is -3.86. The van der Waals surface area contributed by atoms with Gasteiger partial charge < -0.3 is 14.5 Å². The van der Waals surface area contributed by atoms with E-state index in [9.17, 15) is 4.79 Å². The maximum absolute atomic E-state index is 12.6. The predicted molar refractivity (Wildman–Crippen MR) is 120 cm³/mol. The lowest BCUT2D eigenvalue weighted by molar-refractivity contribution is 0.0940. The number of oxazole rings is 1. The second kappa shape index (κ2) is 9.30. The van der Waals surface area contributed by atoms with E-state index in [-0.39, 0.29) is 11.9 Å². The fourth-order valence-corrected chi connectivity index (χ4v) is 3.22. The predicted octanol–water partition coefficient (Wildman–Crippen LogP) is 5.72. The van der Waals surface area contributed by atoms with Crippen LogP contribution in [0.1, 0.15) is 40.3 Å². The molecule has 0 aliphatic rings. The van der Waals surface area contributed by atoms with Crippen LogP contribution in [0.25, 0.3) is 11.5 Å². The number of nitrogens with one attached hydrogen (secondary N) is 1. The molecule has 5 heteroatoms. The van der Waals surface area contributed by atoms with Gasteiger partial charge in [0.25, 0.3) is 5.91 Å². The summed E-state index contributed by atoms with van der Waals surface area (Å²) in [5.74, 6) is 1.88. The first-order valence-electron chi connectivity index (χ1n) is 10.2. The van der Waals surface area contributed by atoms with Gasteiger partial charge >= 0.3 is 0 Å². The van der Waals surface area contributed by atoms with E-state index < -0.39 is 0 Å². The van der Waals surface area contributed by atoms with Crippen molar-refractivity contribution in [2.75, 3.05) is 0 Å². The Morgan fingerprint density at radius 3 is 2.29 bits per heavy atom. The fourth-order valence-electron chi connectivity index (χ4n) is 3.22. The quantitative estimate of drug-likeness (QED) is 0.422. The molecule has 156 valence electrons. The molecular weight excluding hydrogens is 388 g/mol. The third kappa shape index (κ3) is 5.01. The largest absolute Gasteiger partial charge is 0.487 e. The number of benzene rings is 3. The highest BCUT2D eigenvalue weighted by molar-refractivity contribution is 5.94. The van der Waals surface area contributed by atoms with Crippen LogP contribution in [0.4, 0.5) is 0 Å². The highest BCUT2D eigenvalue weighted by atomic mass is 16.5. The van der Waals surface area contributed by atoms with Crippen LogP contribution in [0.5, 0.6) is 5.75 Å². The summed E-state index contributed by atoms with van der Waals surface area (Å²) in [4.78, 5) is 17.2. The van der Waals surface area contributed by atoms with Gasteiger partial charge in [-0.25, -0.2) is 4.98 Å². The van der Waals surface area contributed by atoms with Crippen molar-refractivity contribution in [2.24, 2.45) is 0 Å². The summed E-state index contributed by atoms with van der Waals surface area (Å²) in [7, 11) is 0. The van der Waals surface area contributed by atoms with E-state index in [2.05, 4.69) is 10.3 Å². The summed E-state index contributed by atoms with van der Waals surface area (Å²) < 4.78 is 11.6. The van der Waals surface area contributed by atoms with Gasteiger partial charge in [-0.2, -0.15) is 0 Å². The van der Waals surface area contributed by atoms with Gasteiger partial charge in [0.15, 0.2) is 0 Å². The van der Waals surface area contributed by atoms with Crippen molar-refractivity contribution in [3.8, 4) is 17.2 Å². The molecule has 1 heterocycles. The molecule has 0 aliphatic heterocycles. The van der Waals surface area contributed by atoms with Crippen LogP contribution in [0, 0.1) is 6.92 Å². The molecule has 5 nitrogen and oxygen atoms in total. The number of hydrogen-bond acceptors (Lipinski definition) is 4. The van der Waals surface area contributed by atoms with E-state index in [0.29, 0.717) is 23.8 Å². The van der Waals surface area contributed by atoms with Gasteiger partial charge in [0.05, 0.1) is 6.04 Å². The Balaban J connectivity index is 1.41. The van der Waals surface area contributed by atoms with E-state index >= 15 is 0 Å². The second-order valence-corrected chi connectivity index (χ2v) is 7.31. The SMILES string of the molecule is Cc1oc(-c2ccc(C(=O)N[C@H](C)c3ccccc3)cc2)nc1COc1ccccc1. The topological polar surface area (TPSA) is 64.4 Å². The van der Waals surface area contributed by atoms with Gasteiger partial charge in [-0.05, 0) is 55.8 Å². The number of carbonyl (C=O) groups is 1. The van der Waals surface area contributed by atoms with Crippen LogP contribution in [0.15, 0.2) is 89.3 Å². The normalized spacial score (nSPS) is 11.7. The van der Waals surface area contributed by atoms with Gasteiger partial charge in [0.2, 0.25) is 5.89 Å². The van der Waals surface area contributed by atoms with Crippen molar-refractivity contribution < 1.29 is 13.9 Å². The molecule has 0 saturated heterocycles. The third-order valence-electron chi connectivity index (χ3n) is 5.05. The molecule has 0 radical (unpaired) electrons. The van der Waals surface area contributed by atoms with Crippen LogP contribution in [0.3, 0.4) is 0 Å². The molecule has 0 spiro atoms. The van der Waals surface area contributed by atoms with Crippen molar-refractivity contribution in [1.29, 1.82) is 0 Å². The van der Waals surface area contributed by atoms with Gasteiger partial charge in [-0.15, -0.1) is 0 Å². The first kappa shape index (κ1) is 20.4. The lowest BCUT2D eigenvalue weighted by Gasteiger charge is -2.14. The fraction of sp³-hybridized carbons (Fsp3) is 0.154. The Labute approximate surface area is 181 Å². The number of amides is 1. The number of aryl methyl sites for hydroxylation is 1. The maximum Gasteiger partial charge on any atom is 0.251 e. The molecule has 0 saturated carbocycles. The van der Waals surface area contributed by atoms with E-state index in [4.69, 9.17) is 9.15 Å². The zero-order valence-electron chi connectivity index (χ0n) is 17.5. The molecule has 31 heavy (non-hydrogen) atoms. The second-order valence-electron chi connectivity index (χ2n) is 7.31. The lowest BCUT2D eigenvalue weighted by atomic mass is 10.1. The summed E-state index contributed by atoms with van der Waals surface area (Å²) in [5, 5.41) is 3.02. The zero-order chi connectivity index (χ0) is 21.6. The van der Waals surface area contributed by atoms with Gasteiger partial charge in [0.1, 0.15) is 23.8 Å². The summed E-state index contributed by atoms with van der Waals surface area (Å²) >= 11 is 0. The van der Waals surface area contributed by atoms with Gasteiger partial charge in [-0.3, -0.25) is 4.79 Å². The first-order chi connectivity index (χ1) is 15.1. The van der Waals surface area contributed by atoms with E-state index in [1.54, 1.807) is 12.1 Å². The van der Waals surface area contributed by atoms with Crippen molar-refractivity contribution in [2.45, 2.75) is 26.5 Å². The molecule has 1 amide bonds. The lowest BCUT2D eigenvalue weighted by Crippen LogP contribution is -2.26. The molecule has 4 aromatic rings. The molecule has 0 aliphatic carbocycles. The number of rotatable bonds is 7. The minimum atomic E-state index is -0.122. The van der Waals surface area contributed by atoms with Gasteiger partial charge in [0, 0.05) is 11.1 Å². The minimum Gasteiger partial charge on any atom is -0.487 e. The highest BCUT2D eigenvalue weighted by Crippen LogP contribution is 2.23. The molecule has 4 rings (SSSR count). The number of nitrogens with zero attached hydrogens (tertiary/aromatic N) is 1. The van der Waals surface area contributed by atoms with Gasteiger partial charge in [-0.1, -0.05) is 48.5 Å². The van der Waals surface area contributed by atoms with Crippen molar-refractivity contribution in [3.63, 3.8) is 0 Å². The third-order valence-corrected chi connectivity index (χ3v) is 5.05. The Kier molecular flexibility index (Phi) is 6.13. The van der Waals surface area contributed by atoms with Crippen LogP contribution in [-0.2, 0) is 6.61 Å². The Bertz CT molecular complexity index is 1140. The molecule has 0 unspecified atom stereocenters. The maximum atomic E-state index is 12.6. The van der Waals surface area contributed by atoms with Crippen LogP contribution in [0.2, 0.25) is 0 Å². The average molecular weight is 412 g/mol. The number of hydrogen-bond donors (Lipinski definition) is 1. The van der Waals surface area contributed by atoms with Crippen molar-refractivity contribution in [1.82, 2.24) is 10.3 Å². The smallest absolute Gasteiger partial charge is 0.251 e. The molecule has 0 fully saturated rings. The zero-order valence-corrected chi connectivity index (χ0v) is 17.5. The van der Waals surface area contributed by atoms with E-state index in [0.717, 1.165) is 22.6 Å². The Morgan fingerprint density at radius 2 is 1.61 bits per heavy atom. The Morgan fingerprint density at radius 1 is 0.968 bits per heavy atom. The van der Waals surface area contributed by atoms with Crippen molar-refractivity contribution in [3.05, 3.63) is 108 Å². The monoisotopic (exact) mass is 412 g/mol. The molecular formula is C26H24N2O3. The molecule has 0 bridgehead atoms. The van der Waals surface area contributed by atoms with Crippen LogP contribution in [-0.4, -0.2) is 10.9 Å². The summed E-state index contributed by atoms with van der Waals surface area (Å²) in [6.45, 7) is 4.17. The summed E-state index contributed by atoms with van der Waals surface area (Å²) in [6, 6.07) is 26.6. The molecule has 1 N–H and O–H groups in total. The minimum absolute atomic E-state index is 0.0741. The van der Waals surface area contributed by atoms with E-state index in [1.165, 1.54) is 0 Å². The summed E-state index contributed by atoms with van der Waals surface area (Å²) in [6.07, 6.45) is 0. The molecule has 3 aromatic carbocycles. The molecule has 1 atom stereocenters. The highest BCUT2D eigenvalue weighted by Gasteiger charge is 2.14. The van der Waals surface area contributed by atoms with Crippen molar-refractivity contribution >= 4 is 5.91 Å². The van der Waals surface area contributed by atoms with E-state index in [1.807, 2.05) is 86.6 Å². The number of ether oxygens (including phenoxy) is 1.